The van der Waals surface area contributed by atoms with Crippen LogP contribution in [-0.4, -0.2) is 38.7 Å². The van der Waals surface area contributed by atoms with Crippen LogP contribution in [0.1, 0.15) is 32.3 Å². The molecule has 9 nitrogen and oxygen atoms in total. The lowest BCUT2D eigenvalue weighted by molar-refractivity contribution is -0.385. The molecule has 1 aromatic carbocycles. The Morgan fingerprint density at radius 2 is 2.04 bits per heavy atom. The molecular formula is C18H18N2O7S. The third kappa shape index (κ3) is 4.77. The summed E-state index contributed by atoms with van der Waals surface area (Å²) in [5, 5.41) is 31.0. The summed E-state index contributed by atoms with van der Waals surface area (Å²) in [6.45, 7) is 3.48. The number of nitro groups is 1. The fourth-order valence-electron chi connectivity index (χ4n) is 2.30. The summed E-state index contributed by atoms with van der Waals surface area (Å²) in [6.07, 6.45) is 2.15. The molecule has 0 unspecified atom stereocenters. The summed E-state index contributed by atoms with van der Waals surface area (Å²) in [4.78, 5) is 38.4. The summed E-state index contributed by atoms with van der Waals surface area (Å²) in [7, 11) is 0. The van der Waals surface area contributed by atoms with Crippen molar-refractivity contribution in [1.82, 2.24) is 0 Å². The number of aromatic hydroxyl groups is 1. The summed E-state index contributed by atoms with van der Waals surface area (Å²) >= 11 is 0.882. The van der Waals surface area contributed by atoms with Crippen molar-refractivity contribution in [2.45, 2.75) is 26.7 Å². The van der Waals surface area contributed by atoms with Crippen LogP contribution in [0, 0.1) is 10.1 Å². The number of esters is 1. The molecule has 0 saturated heterocycles. The predicted molar refractivity (Wildman–Crippen MR) is 104 cm³/mol. The van der Waals surface area contributed by atoms with Gasteiger partial charge in [0.1, 0.15) is 16.4 Å². The molecule has 1 heterocycles. The zero-order chi connectivity index (χ0) is 20.8. The van der Waals surface area contributed by atoms with Crippen molar-refractivity contribution in [1.29, 1.82) is 0 Å². The first-order chi connectivity index (χ1) is 13.3. The number of amides is 1. The highest BCUT2D eigenvalue weighted by molar-refractivity contribution is 8.18. The third-order valence-corrected chi connectivity index (χ3v) is 4.57. The molecule has 0 radical (unpaired) electrons. The number of carbonyl (C=O) groups excluding carboxylic acids is 2. The number of carbonyl (C=O) groups is 2. The minimum absolute atomic E-state index is 0.00827. The number of hydrogen-bond acceptors (Lipinski definition) is 8. The number of nitrogens with zero attached hydrogens (tertiary/aromatic N) is 2. The van der Waals surface area contributed by atoms with Crippen LogP contribution in [0.5, 0.6) is 5.75 Å². The number of hydrogen-bond donors (Lipinski definition) is 2. The average molecular weight is 406 g/mol. The fraction of sp³-hybridized carbons (Fsp3) is 0.278. The van der Waals surface area contributed by atoms with Crippen molar-refractivity contribution < 1.29 is 29.5 Å². The van der Waals surface area contributed by atoms with Gasteiger partial charge in [-0.15, -0.1) is 0 Å². The Labute approximate surface area is 164 Å². The minimum atomic E-state index is -0.823. The normalized spacial score (nSPS) is 16.6. The van der Waals surface area contributed by atoms with E-state index in [0.717, 1.165) is 23.9 Å². The van der Waals surface area contributed by atoms with Crippen molar-refractivity contribution in [3.63, 3.8) is 0 Å². The van der Waals surface area contributed by atoms with E-state index < -0.39 is 34.0 Å². The van der Waals surface area contributed by atoms with E-state index in [-0.39, 0.29) is 28.5 Å². The van der Waals surface area contributed by atoms with E-state index in [1.165, 1.54) is 12.1 Å². The van der Waals surface area contributed by atoms with Crippen LogP contribution in [0.3, 0.4) is 0 Å². The van der Waals surface area contributed by atoms with Gasteiger partial charge in [0.05, 0.1) is 16.4 Å². The zero-order valence-electron chi connectivity index (χ0n) is 15.2. The van der Waals surface area contributed by atoms with Gasteiger partial charge < -0.3 is 14.9 Å². The molecule has 0 aromatic heterocycles. The Morgan fingerprint density at radius 3 is 2.64 bits per heavy atom. The molecule has 10 heteroatoms. The maximum atomic E-state index is 12.2. The summed E-state index contributed by atoms with van der Waals surface area (Å²) in [5.74, 6) is -2.19. The van der Waals surface area contributed by atoms with E-state index in [1.54, 1.807) is 6.92 Å². The summed E-state index contributed by atoms with van der Waals surface area (Å²) in [6, 6.07) is 3.68. The van der Waals surface area contributed by atoms with Gasteiger partial charge in [-0.2, -0.15) is 0 Å². The van der Waals surface area contributed by atoms with E-state index >= 15 is 0 Å². The van der Waals surface area contributed by atoms with Crippen molar-refractivity contribution in [3.8, 4) is 5.75 Å². The first kappa shape index (κ1) is 21.2. The number of nitro benzene ring substituents is 1. The van der Waals surface area contributed by atoms with Crippen LogP contribution in [0.2, 0.25) is 0 Å². The standard InChI is InChI=1S/C18H18N2O7S/c1-3-5-14(22)19-17-15(18(24)27-4-2)16(23)13(28-17)9-10-6-7-12(21)11(8-10)20(25)26/h6-9,21,23H,3-5H2,1-2H3/b13-9-,19-17?. The Kier molecular flexibility index (Phi) is 6.94. The van der Waals surface area contributed by atoms with E-state index in [0.29, 0.717) is 12.0 Å². The number of thioether (sulfide) groups is 1. The Hall–Kier alpha value is -3.14. The first-order valence-corrected chi connectivity index (χ1v) is 9.19. The van der Waals surface area contributed by atoms with Gasteiger partial charge in [-0.3, -0.25) is 14.9 Å². The van der Waals surface area contributed by atoms with Crippen LogP contribution >= 0.6 is 11.8 Å². The van der Waals surface area contributed by atoms with Crippen molar-refractivity contribution >= 4 is 40.4 Å². The molecule has 0 fully saturated rings. The fourth-order valence-corrected chi connectivity index (χ4v) is 3.33. The number of aliphatic imine (C=N–C) groups is 1. The predicted octanol–water partition coefficient (Wildman–Crippen LogP) is 3.49. The van der Waals surface area contributed by atoms with Crippen molar-refractivity contribution in [2.24, 2.45) is 4.99 Å². The van der Waals surface area contributed by atoms with Crippen LogP contribution in [0.4, 0.5) is 5.69 Å². The second-order valence-corrected chi connectivity index (χ2v) is 6.65. The average Bonchev–Trinajstić information content (AvgIpc) is 2.92. The maximum absolute atomic E-state index is 12.2. The molecule has 1 aliphatic heterocycles. The molecule has 2 rings (SSSR count). The number of ether oxygens (including phenoxy) is 1. The third-order valence-electron chi connectivity index (χ3n) is 3.55. The summed E-state index contributed by atoms with van der Waals surface area (Å²) < 4.78 is 4.92. The van der Waals surface area contributed by atoms with Gasteiger partial charge in [0, 0.05) is 12.5 Å². The lowest BCUT2D eigenvalue weighted by Crippen LogP contribution is -2.14. The SMILES string of the molecule is CCCC(=O)N=C1S/C(=C\c2ccc(O)c([N+](=O)[O-])c2)C(O)=C1C(=O)OCC. The van der Waals surface area contributed by atoms with Gasteiger partial charge in [0.25, 0.3) is 0 Å². The second kappa shape index (κ2) is 9.18. The van der Waals surface area contributed by atoms with Crippen molar-refractivity contribution in [3.05, 3.63) is 50.1 Å². The van der Waals surface area contributed by atoms with E-state index in [9.17, 15) is 29.9 Å². The number of aliphatic hydroxyl groups excluding tert-OH is 1. The second-order valence-electron chi connectivity index (χ2n) is 5.62. The molecule has 0 spiro atoms. The molecular weight excluding hydrogens is 388 g/mol. The molecule has 0 saturated carbocycles. The number of aliphatic hydroxyl groups is 1. The van der Waals surface area contributed by atoms with Crippen LogP contribution in [-0.2, 0) is 14.3 Å². The summed E-state index contributed by atoms with van der Waals surface area (Å²) in [5.41, 5.74) is -0.419. The molecule has 0 bridgehead atoms. The largest absolute Gasteiger partial charge is 0.506 e. The van der Waals surface area contributed by atoms with Crippen LogP contribution in [0.25, 0.3) is 6.08 Å². The monoisotopic (exact) mass is 406 g/mol. The topological polar surface area (TPSA) is 139 Å². The Balaban J connectivity index is 2.49. The minimum Gasteiger partial charge on any atom is -0.506 e. The van der Waals surface area contributed by atoms with Crippen molar-refractivity contribution in [2.75, 3.05) is 6.61 Å². The van der Waals surface area contributed by atoms with Gasteiger partial charge in [0.15, 0.2) is 5.75 Å². The highest BCUT2D eigenvalue weighted by Gasteiger charge is 2.33. The van der Waals surface area contributed by atoms with Gasteiger partial charge in [0.2, 0.25) is 5.91 Å². The van der Waals surface area contributed by atoms with Crippen LogP contribution < -0.4 is 0 Å². The van der Waals surface area contributed by atoms with Gasteiger partial charge in [-0.25, -0.2) is 9.79 Å². The number of benzene rings is 1. The number of phenolic OH excluding ortho intramolecular Hbond substituents is 1. The molecule has 0 atom stereocenters. The smallest absolute Gasteiger partial charge is 0.344 e. The van der Waals surface area contributed by atoms with Gasteiger partial charge in [-0.05, 0) is 31.1 Å². The van der Waals surface area contributed by atoms with Gasteiger partial charge >= 0.3 is 11.7 Å². The molecule has 0 aliphatic carbocycles. The van der Waals surface area contributed by atoms with E-state index in [2.05, 4.69) is 4.99 Å². The Bertz CT molecular complexity index is 919. The Morgan fingerprint density at radius 1 is 1.32 bits per heavy atom. The van der Waals surface area contributed by atoms with Crippen LogP contribution in [0.15, 0.2) is 39.4 Å². The molecule has 28 heavy (non-hydrogen) atoms. The number of rotatable bonds is 6. The highest BCUT2D eigenvalue weighted by atomic mass is 32.2. The molecule has 1 amide bonds. The zero-order valence-corrected chi connectivity index (χ0v) is 16.0. The molecule has 2 N–H and O–H groups in total. The maximum Gasteiger partial charge on any atom is 0.344 e. The number of phenols is 1. The van der Waals surface area contributed by atoms with E-state index in [4.69, 9.17) is 4.74 Å². The highest BCUT2D eigenvalue weighted by Crippen LogP contribution is 2.40. The molecule has 1 aliphatic rings. The molecule has 1 aromatic rings. The van der Waals surface area contributed by atoms with E-state index in [1.807, 2.05) is 6.92 Å². The lowest BCUT2D eigenvalue weighted by Gasteiger charge is -2.03. The first-order valence-electron chi connectivity index (χ1n) is 8.38. The van der Waals surface area contributed by atoms with Gasteiger partial charge in [-0.1, -0.05) is 24.8 Å². The molecule has 148 valence electrons. The quantitative estimate of drug-likeness (QED) is 0.416. The lowest BCUT2D eigenvalue weighted by atomic mass is 10.1.